The first-order valence-corrected chi connectivity index (χ1v) is 10.2. The number of carbonyl (C=O) groups is 1. The summed E-state index contributed by atoms with van der Waals surface area (Å²) < 4.78 is 6.14. The third-order valence-corrected chi connectivity index (χ3v) is 6.22. The van der Waals surface area contributed by atoms with Gasteiger partial charge in [-0.2, -0.15) is 5.26 Å². The van der Waals surface area contributed by atoms with Gasteiger partial charge in [0.05, 0.1) is 23.3 Å². The minimum absolute atomic E-state index is 0. The van der Waals surface area contributed by atoms with Crippen LogP contribution in [0.5, 0.6) is 5.75 Å². The molecular weight excluding hydrogens is 364 g/mol. The number of hydrogen-bond acceptors (Lipinski definition) is 5. The molecule has 6 heteroatoms. The second kappa shape index (κ2) is 7.47. The monoisotopic (exact) mass is 392 g/mol. The van der Waals surface area contributed by atoms with Gasteiger partial charge in [0, 0.05) is 26.3 Å². The van der Waals surface area contributed by atoms with Crippen molar-refractivity contribution in [2.24, 2.45) is 5.41 Å². The standard InChI is InChI=1S/C23H26N4O2.H2/c1-4-21-25-12-16(13-26-21)22(28)27-17-7-23(8-17)9-19(10-23)29-18-5-14(2)20(11-24)15(3)6-18;/h5-6,12-13,17,19H,4,7-10H2,1-3H3,(H,27,28);1H. The minimum Gasteiger partial charge on any atom is -0.490 e. The van der Waals surface area contributed by atoms with Crippen molar-refractivity contribution in [2.45, 2.75) is 65.0 Å². The van der Waals surface area contributed by atoms with Crippen molar-refractivity contribution in [3.63, 3.8) is 0 Å². The average molecular weight is 393 g/mol. The van der Waals surface area contributed by atoms with Gasteiger partial charge in [-0.15, -0.1) is 0 Å². The molecule has 2 fully saturated rings. The first-order chi connectivity index (χ1) is 13.9. The van der Waals surface area contributed by atoms with E-state index in [0.717, 1.165) is 60.4 Å². The SMILES string of the molecule is CCc1ncc(C(=O)NC2CC3(C2)CC(Oc2cc(C)c(C#N)c(C)c2)C3)cn1.[HH]. The molecule has 1 amide bonds. The molecular formula is C23H28N4O2. The van der Waals surface area contributed by atoms with Gasteiger partial charge in [-0.1, -0.05) is 6.92 Å². The number of aromatic nitrogens is 2. The molecule has 0 saturated heterocycles. The lowest BCUT2D eigenvalue weighted by Gasteiger charge is -2.57. The molecule has 2 aliphatic carbocycles. The van der Waals surface area contributed by atoms with Crippen LogP contribution in [0.1, 0.15) is 66.9 Å². The number of carbonyl (C=O) groups excluding carboxylic acids is 1. The van der Waals surface area contributed by atoms with Crippen LogP contribution in [-0.4, -0.2) is 28.0 Å². The van der Waals surface area contributed by atoms with Crippen molar-refractivity contribution < 1.29 is 11.0 Å². The van der Waals surface area contributed by atoms with Gasteiger partial charge in [0.1, 0.15) is 11.6 Å². The summed E-state index contributed by atoms with van der Waals surface area (Å²) in [6, 6.07) is 6.36. The molecule has 0 aliphatic heterocycles. The fourth-order valence-corrected chi connectivity index (χ4v) is 4.69. The second-order valence-electron chi connectivity index (χ2n) is 8.51. The van der Waals surface area contributed by atoms with Crippen LogP contribution in [0.4, 0.5) is 0 Å². The quantitative estimate of drug-likeness (QED) is 0.834. The summed E-state index contributed by atoms with van der Waals surface area (Å²) in [4.78, 5) is 20.7. The highest BCUT2D eigenvalue weighted by Crippen LogP contribution is 2.56. The van der Waals surface area contributed by atoms with E-state index in [9.17, 15) is 10.1 Å². The topological polar surface area (TPSA) is 87.9 Å². The molecule has 1 N–H and O–H groups in total. The van der Waals surface area contributed by atoms with Gasteiger partial charge in [0.15, 0.2) is 0 Å². The van der Waals surface area contributed by atoms with Gasteiger partial charge in [-0.3, -0.25) is 4.79 Å². The number of ether oxygens (including phenoxy) is 1. The average Bonchev–Trinajstić information content (AvgIpc) is 2.64. The Bertz CT molecular complexity index is 947. The van der Waals surface area contributed by atoms with E-state index < -0.39 is 0 Å². The van der Waals surface area contributed by atoms with Crippen LogP contribution in [-0.2, 0) is 6.42 Å². The summed E-state index contributed by atoms with van der Waals surface area (Å²) in [7, 11) is 0. The minimum atomic E-state index is -0.0943. The van der Waals surface area contributed by atoms with Crippen LogP contribution in [0.25, 0.3) is 0 Å². The predicted molar refractivity (Wildman–Crippen MR) is 111 cm³/mol. The maximum absolute atomic E-state index is 12.3. The molecule has 1 aromatic carbocycles. The molecule has 152 valence electrons. The fourth-order valence-electron chi connectivity index (χ4n) is 4.69. The normalized spacial score (nSPS) is 24.9. The molecule has 4 rings (SSSR count). The van der Waals surface area contributed by atoms with E-state index in [0.29, 0.717) is 11.0 Å². The molecule has 2 saturated carbocycles. The van der Waals surface area contributed by atoms with Gasteiger partial charge in [-0.25, -0.2) is 9.97 Å². The van der Waals surface area contributed by atoms with Gasteiger partial charge in [0.25, 0.3) is 5.91 Å². The lowest BCUT2D eigenvalue weighted by atomic mass is 9.53. The summed E-state index contributed by atoms with van der Waals surface area (Å²) in [6.45, 7) is 5.88. The third kappa shape index (κ3) is 3.82. The summed E-state index contributed by atoms with van der Waals surface area (Å²) in [5.41, 5.74) is 3.47. The van der Waals surface area contributed by atoms with Gasteiger partial charge in [-0.05, 0) is 68.2 Å². The highest BCUT2D eigenvalue weighted by Gasteiger charge is 2.54. The molecule has 2 aliphatic rings. The first kappa shape index (κ1) is 19.4. The van der Waals surface area contributed by atoms with E-state index in [-0.39, 0.29) is 19.5 Å². The number of aryl methyl sites for hydroxylation is 3. The molecule has 29 heavy (non-hydrogen) atoms. The Morgan fingerprint density at radius 2 is 1.86 bits per heavy atom. The molecule has 1 aromatic heterocycles. The van der Waals surface area contributed by atoms with Crippen LogP contribution < -0.4 is 10.1 Å². The maximum atomic E-state index is 12.3. The number of hydrogen-bond donors (Lipinski definition) is 1. The zero-order valence-corrected chi connectivity index (χ0v) is 17.2. The smallest absolute Gasteiger partial charge is 0.254 e. The van der Waals surface area contributed by atoms with Crippen molar-refractivity contribution in [3.8, 4) is 11.8 Å². The molecule has 1 spiro atoms. The van der Waals surface area contributed by atoms with Crippen molar-refractivity contribution in [3.05, 3.63) is 52.6 Å². The molecule has 0 radical (unpaired) electrons. The summed E-state index contributed by atoms with van der Waals surface area (Å²) in [5, 5.41) is 12.3. The Morgan fingerprint density at radius 1 is 1.24 bits per heavy atom. The van der Waals surface area contributed by atoms with Crippen LogP contribution in [0.15, 0.2) is 24.5 Å². The van der Waals surface area contributed by atoms with Crippen molar-refractivity contribution in [1.82, 2.24) is 15.3 Å². The second-order valence-corrected chi connectivity index (χ2v) is 8.51. The fraction of sp³-hybridized carbons (Fsp3) is 0.478. The van der Waals surface area contributed by atoms with Gasteiger partial charge < -0.3 is 10.1 Å². The molecule has 0 bridgehead atoms. The van der Waals surface area contributed by atoms with E-state index in [1.165, 1.54) is 0 Å². The van der Waals surface area contributed by atoms with E-state index in [1.54, 1.807) is 12.4 Å². The molecule has 6 nitrogen and oxygen atoms in total. The number of nitrogens with zero attached hydrogens (tertiary/aromatic N) is 3. The van der Waals surface area contributed by atoms with E-state index in [4.69, 9.17) is 4.74 Å². The third-order valence-electron chi connectivity index (χ3n) is 6.22. The van der Waals surface area contributed by atoms with Crippen molar-refractivity contribution in [2.75, 3.05) is 0 Å². The maximum Gasteiger partial charge on any atom is 0.254 e. The van der Waals surface area contributed by atoms with Gasteiger partial charge in [0.2, 0.25) is 0 Å². The van der Waals surface area contributed by atoms with Gasteiger partial charge >= 0.3 is 0 Å². The van der Waals surface area contributed by atoms with E-state index in [1.807, 2.05) is 32.9 Å². The Balaban J connectivity index is 0.00000256. The van der Waals surface area contributed by atoms with E-state index >= 15 is 0 Å². The predicted octanol–water partition coefficient (Wildman–Crippen LogP) is 3.89. The summed E-state index contributed by atoms with van der Waals surface area (Å²) in [5.74, 6) is 1.50. The molecule has 0 unspecified atom stereocenters. The van der Waals surface area contributed by atoms with Crippen molar-refractivity contribution in [1.29, 1.82) is 5.26 Å². The van der Waals surface area contributed by atoms with Crippen LogP contribution >= 0.6 is 0 Å². The van der Waals surface area contributed by atoms with Crippen LogP contribution in [0.2, 0.25) is 0 Å². The lowest BCUT2D eigenvalue weighted by Crippen LogP contribution is -2.58. The molecule has 0 atom stereocenters. The number of amides is 1. The lowest BCUT2D eigenvalue weighted by molar-refractivity contribution is -0.0833. The first-order valence-electron chi connectivity index (χ1n) is 10.2. The molecule has 1 heterocycles. The van der Waals surface area contributed by atoms with E-state index in [2.05, 4.69) is 21.4 Å². The number of nitriles is 1. The van der Waals surface area contributed by atoms with Crippen molar-refractivity contribution >= 4 is 5.91 Å². The summed E-state index contributed by atoms with van der Waals surface area (Å²) in [6.07, 6.45) is 8.22. The number of nitrogens with one attached hydrogen (secondary N) is 1. The largest absolute Gasteiger partial charge is 0.490 e. The highest BCUT2D eigenvalue weighted by atomic mass is 16.5. The highest BCUT2D eigenvalue weighted by molar-refractivity contribution is 5.93. The van der Waals surface area contributed by atoms with Crippen LogP contribution in [0, 0.1) is 30.6 Å². The number of rotatable bonds is 5. The Labute approximate surface area is 172 Å². The zero-order valence-electron chi connectivity index (χ0n) is 17.2. The zero-order chi connectivity index (χ0) is 20.6. The summed E-state index contributed by atoms with van der Waals surface area (Å²) >= 11 is 0. The number of benzene rings is 1. The molecule has 2 aromatic rings. The van der Waals surface area contributed by atoms with Crippen LogP contribution in [0.3, 0.4) is 0 Å². The Kier molecular flexibility index (Phi) is 4.99. The Morgan fingerprint density at radius 3 is 2.41 bits per heavy atom. The Hall–Kier alpha value is -2.94.